The third kappa shape index (κ3) is 3.23. The molecule has 4 aliphatic rings. The number of halogens is 3. The lowest BCUT2D eigenvalue weighted by molar-refractivity contribution is -0.160. The van der Waals surface area contributed by atoms with E-state index in [0.717, 1.165) is 5.56 Å². The SMILES string of the molecule is O=C1CO[C@H]2CCN(C(=O)N3CC(c4ccc(C5(C(F)(F)F)CC5)cc4)C3)C[C@H]2N1. The van der Waals surface area contributed by atoms with Gasteiger partial charge in [0.05, 0.1) is 17.6 Å². The van der Waals surface area contributed by atoms with Gasteiger partial charge in [-0.3, -0.25) is 4.79 Å². The molecule has 1 saturated carbocycles. The number of piperidine rings is 1. The Bertz CT molecular complexity index is 847. The highest BCUT2D eigenvalue weighted by atomic mass is 19.4. The lowest BCUT2D eigenvalue weighted by Crippen LogP contribution is -2.63. The fourth-order valence-electron chi connectivity index (χ4n) is 4.85. The van der Waals surface area contributed by atoms with Gasteiger partial charge >= 0.3 is 12.2 Å². The van der Waals surface area contributed by atoms with Crippen molar-refractivity contribution in [3.8, 4) is 0 Å². The molecule has 0 radical (unpaired) electrons. The summed E-state index contributed by atoms with van der Waals surface area (Å²) in [4.78, 5) is 27.8. The minimum Gasteiger partial charge on any atom is -0.366 e. The predicted octanol–water partition coefficient (Wildman–Crippen LogP) is 2.39. The lowest BCUT2D eigenvalue weighted by atomic mass is 9.88. The van der Waals surface area contributed by atoms with Gasteiger partial charge in [-0.05, 0) is 30.4 Å². The number of nitrogens with one attached hydrogen (secondary N) is 1. The van der Waals surface area contributed by atoms with E-state index >= 15 is 0 Å². The van der Waals surface area contributed by atoms with Gasteiger partial charge in [0.2, 0.25) is 5.91 Å². The van der Waals surface area contributed by atoms with Gasteiger partial charge < -0.3 is 19.9 Å². The van der Waals surface area contributed by atoms with Crippen molar-refractivity contribution in [1.82, 2.24) is 15.1 Å². The van der Waals surface area contributed by atoms with Crippen LogP contribution in [-0.4, -0.2) is 72.8 Å². The van der Waals surface area contributed by atoms with Gasteiger partial charge in [0.15, 0.2) is 0 Å². The van der Waals surface area contributed by atoms with Crippen LogP contribution in [0.2, 0.25) is 0 Å². The maximum atomic E-state index is 13.3. The summed E-state index contributed by atoms with van der Waals surface area (Å²) in [6.07, 6.45) is -3.24. The quantitative estimate of drug-likeness (QED) is 0.795. The summed E-state index contributed by atoms with van der Waals surface area (Å²) >= 11 is 0. The Morgan fingerprint density at radius 2 is 1.80 bits per heavy atom. The van der Waals surface area contributed by atoms with Crippen molar-refractivity contribution in [3.05, 3.63) is 35.4 Å². The summed E-state index contributed by atoms with van der Waals surface area (Å²) in [7, 11) is 0. The summed E-state index contributed by atoms with van der Waals surface area (Å²) in [6, 6.07) is 6.50. The first-order chi connectivity index (χ1) is 14.3. The summed E-state index contributed by atoms with van der Waals surface area (Å²) in [5.74, 6) is -0.0178. The molecule has 6 nitrogen and oxygen atoms in total. The third-order valence-electron chi connectivity index (χ3n) is 6.97. The number of alkyl halides is 3. The Balaban J connectivity index is 1.17. The first kappa shape index (κ1) is 19.7. The number of likely N-dealkylation sites (tertiary alicyclic amines) is 2. The largest absolute Gasteiger partial charge is 0.398 e. The number of hydrogen-bond donors (Lipinski definition) is 1. The molecule has 162 valence electrons. The third-order valence-corrected chi connectivity index (χ3v) is 6.97. The summed E-state index contributed by atoms with van der Waals surface area (Å²) in [5.41, 5.74) is -0.351. The number of urea groups is 1. The minimum atomic E-state index is -4.20. The maximum Gasteiger partial charge on any atom is 0.398 e. The number of morpholine rings is 1. The van der Waals surface area contributed by atoms with E-state index in [4.69, 9.17) is 4.74 Å². The highest BCUT2D eigenvalue weighted by molar-refractivity contribution is 5.79. The van der Waals surface area contributed by atoms with Crippen LogP contribution in [0.15, 0.2) is 24.3 Å². The van der Waals surface area contributed by atoms with Crippen LogP contribution < -0.4 is 5.32 Å². The van der Waals surface area contributed by atoms with Crippen LogP contribution in [0, 0.1) is 0 Å². The predicted molar refractivity (Wildman–Crippen MR) is 101 cm³/mol. The molecular formula is C21H24F3N3O3. The molecule has 0 unspecified atom stereocenters. The van der Waals surface area contributed by atoms with Crippen LogP contribution in [0.3, 0.4) is 0 Å². The Labute approximate surface area is 172 Å². The number of carbonyl (C=O) groups is 2. The zero-order chi connectivity index (χ0) is 21.1. The molecule has 9 heteroatoms. The molecule has 0 aromatic heterocycles. The number of carbonyl (C=O) groups excluding carboxylic acids is 2. The van der Waals surface area contributed by atoms with Crippen LogP contribution in [0.1, 0.15) is 36.3 Å². The number of benzene rings is 1. The van der Waals surface area contributed by atoms with Crippen molar-refractivity contribution in [3.63, 3.8) is 0 Å². The molecule has 3 saturated heterocycles. The number of amides is 3. The molecule has 1 aromatic rings. The molecule has 4 fully saturated rings. The van der Waals surface area contributed by atoms with E-state index in [-0.39, 0.29) is 49.5 Å². The van der Waals surface area contributed by atoms with Gasteiger partial charge in [-0.1, -0.05) is 24.3 Å². The standard InChI is InChI=1S/C21H24F3N3O3/c22-21(23,24)20(6-7-20)15-3-1-13(2-4-15)14-9-27(10-14)19(29)26-8-5-17-16(11-26)25-18(28)12-30-17/h1-4,14,16-17H,5-12H2,(H,25,28)/t16-,17+/m1/s1. The fourth-order valence-corrected chi connectivity index (χ4v) is 4.85. The van der Waals surface area contributed by atoms with E-state index < -0.39 is 11.6 Å². The summed E-state index contributed by atoms with van der Waals surface area (Å²) in [5, 5.41) is 2.89. The Hall–Kier alpha value is -2.29. The van der Waals surface area contributed by atoms with E-state index in [1.807, 2.05) is 0 Å². The highest BCUT2D eigenvalue weighted by Crippen LogP contribution is 2.58. The molecule has 2 atom stereocenters. The van der Waals surface area contributed by atoms with Crippen LogP contribution in [-0.2, 0) is 14.9 Å². The second kappa shape index (κ2) is 6.87. The van der Waals surface area contributed by atoms with Crippen molar-refractivity contribution in [2.45, 2.75) is 48.9 Å². The molecule has 3 aliphatic heterocycles. The molecule has 0 bridgehead atoms. The average Bonchev–Trinajstić information content (AvgIpc) is 3.49. The second-order valence-corrected chi connectivity index (χ2v) is 8.84. The van der Waals surface area contributed by atoms with Crippen molar-refractivity contribution >= 4 is 11.9 Å². The van der Waals surface area contributed by atoms with E-state index in [0.29, 0.717) is 38.2 Å². The van der Waals surface area contributed by atoms with Crippen LogP contribution in [0.4, 0.5) is 18.0 Å². The zero-order valence-corrected chi connectivity index (χ0v) is 16.5. The summed E-state index contributed by atoms with van der Waals surface area (Å²) in [6.45, 7) is 2.20. The normalized spacial score (nSPS) is 28.4. The Kier molecular flexibility index (Phi) is 4.50. The van der Waals surface area contributed by atoms with Crippen molar-refractivity contribution in [2.24, 2.45) is 0 Å². The first-order valence-corrected chi connectivity index (χ1v) is 10.4. The average molecular weight is 423 g/mol. The van der Waals surface area contributed by atoms with Gasteiger partial charge in [0, 0.05) is 32.1 Å². The molecule has 30 heavy (non-hydrogen) atoms. The number of ether oxygens (including phenoxy) is 1. The van der Waals surface area contributed by atoms with Gasteiger partial charge in [0.25, 0.3) is 0 Å². The van der Waals surface area contributed by atoms with Gasteiger partial charge in [-0.2, -0.15) is 13.2 Å². The van der Waals surface area contributed by atoms with Gasteiger partial charge in [0.1, 0.15) is 6.61 Å². The van der Waals surface area contributed by atoms with E-state index in [1.54, 1.807) is 34.1 Å². The summed E-state index contributed by atoms with van der Waals surface area (Å²) < 4.78 is 45.4. The lowest BCUT2D eigenvalue weighted by Gasteiger charge is -2.46. The first-order valence-electron chi connectivity index (χ1n) is 10.4. The van der Waals surface area contributed by atoms with Crippen LogP contribution >= 0.6 is 0 Å². The molecule has 3 heterocycles. The Morgan fingerprint density at radius 1 is 1.10 bits per heavy atom. The van der Waals surface area contributed by atoms with E-state index in [1.165, 1.54) is 0 Å². The van der Waals surface area contributed by atoms with Crippen LogP contribution in [0.25, 0.3) is 0 Å². The second-order valence-electron chi connectivity index (χ2n) is 8.84. The molecule has 5 rings (SSSR count). The smallest absolute Gasteiger partial charge is 0.366 e. The Morgan fingerprint density at radius 3 is 2.43 bits per heavy atom. The molecule has 1 aromatic carbocycles. The zero-order valence-electron chi connectivity index (χ0n) is 16.5. The number of hydrogen-bond acceptors (Lipinski definition) is 3. The maximum absolute atomic E-state index is 13.3. The van der Waals surface area contributed by atoms with E-state index in [9.17, 15) is 22.8 Å². The monoisotopic (exact) mass is 423 g/mol. The number of nitrogens with zero attached hydrogens (tertiary/aromatic N) is 2. The molecule has 1 N–H and O–H groups in total. The number of fused-ring (bicyclic) bond motifs is 1. The fraction of sp³-hybridized carbons (Fsp3) is 0.619. The topological polar surface area (TPSA) is 61.9 Å². The molecule has 0 spiro atoms. The minimum absolute atomic E-state index is 0.0409. The van der Waals surface area contributed by atoms with Crippen molar-refractivity contribution < 1.29 is 27.5 Å². The van der Waals surface area contributed by atoms with Gasteiger partial charge in [-0.15, -0.1) is 0 Å². The van der Waals surface area contributed by atoms with Crippen molar-refractivity contribution in [1.29, 1.82) is 0 Å². The number of rotatable bonds is 2. The highest BCUT2D eigenvalue weighted by Gasteiger charge is 2.64. The van der Waals surface area contributed by atoms with Gasteiger partial charge in [-0.25, -0.2) is 4.79 Å². The van der Waals surface area contributed by atoms with Crippen molar-refractivity contribution in [2.75, 3.05) is 32.8 Å². The molecule has 3 amide bonds. The molecular weight excluding hydrogens is 399 g/mol. The van der Waals surface area contributed by atoms with Crippen LogP contribution in [0.5, 0.6) is 0 Å². The van der Waals surface area contributed by atoms with E-state index in [2.05, 4.69) is 5.32 Å². The molecule has 1 aliphatic carbocycles.